The summed E-state index contributed by atoms with van der Waals surface area (Å²) in [6.45, 7) is 0. The van der Waals surface area contributed by atoms with E-state index in [9.17, 15) is 0 Å². The fraction of sp³-hybridized carbons (Fsp3) is 0. The molecule has 0 atom stereocenters. The lowest BCUT2D eigenvalue weighted by molar-refractivity contribution is 0.669. The Balaban J connectivity index is 1.05. The van der Waals surface area contributed by atoms with Crippen molar-refractivity contribution < 1.29 is 4.42 Å². The van der Waals surface area contributed by atoms with Crippen LogP contribution in [-0.4, -0.2) is 0 Å². The van der Waals surface area contributed by atoms with Crippen LogP contribution in [0.4, 0.5) is 17.1 Å². The van der Waals surface area contributed by atoms with Crippen molar-refractivity contribution in [2.24, 2.45) is 0 Å². The van der Waals surface area contributed by atoms with E-state index in [1.807, 2.05) is 6.07 Å². The number of benzene rings is 11. The van der Waals surface area contributed by atoms with Crippen LogP contribution in [0.15, 0.2) is 241 Å². The average molecular weight is 790 g/mol. The minimum Gasteiger partial charge on any atom is -0.456 e. The smallest absolute Gasteiger partial charge is 0.136 e. The molecule has 12 aromatic rings. The van der Waals surface area contributed by atoms with Gasteiger partial charge in [0.05, 0.1) is 5.69 Å². The summed E-state index contributed by atoms with van der Waals surface area (Å²) in [4.78, 5) is 2.42. The second kappa shape index (κ2) is 14.8. The van der Waals surface area contributed by atoms with E-state index >= 15 is 0 Å². The Kier molecular flexibility index (Phi) is 8.53. The van der Waals surface area contributed by atoms with Crippen LogP contribution in [0.3, 0.4) is 0 Å². The van der Waals surface area contributed by atoms with E-state index < -0.39 is 0 Å². The number of fused-ring (bicyclic) bond motifs is 8. The van der Waals surface area contributed by atoms with Gasteiger partial charge in [0.2, 0.25) is 0 Å². The lowest BCUT2D eigenvalue weighted by Gasteiger charge is -2.29. The number of hydrogen-bond donors (Lipinski definition) is 0. The van der Waals surface area contributed by atoms with Gasteiger partial charge in [0.25, 0.3) is 0 Å². The van der Waals surface area contributed by atoms with Crippen molar-refractivity contribution in [2.75, 3.05) is 4.90 Å². The van der Waals surface area contributed by atoms with Crippen LogP contribution in [-0.2, 0) is 0 Å². The van der Waals surface area contributed by atoms with Crippen LogP contribution in [0.1, 0.15) is 0 Å². The Morgan fingerprint density at radius 1 is 0.274 bits per heavy atom. The average Bonchev–Trinajstić information content (AvgIpc) is 3.74. The second-order valence-electron chi connectivity index (χ2n) is 16.0. The number of nitrogens with zero attached hydrogens (tertiary/aromatic N) is 1. The summed E-state index contributed by atoms with van der Waals surface area (Å²) >= 11 is 0. The van der Waals surface area contributed by atoms with Crippen LogP contribution in [0.2, 0.25) is 0 Å². The molecule has 0 bridgehead atoms. The van der Waals surface area contributed by atoms with E-state index in [1.54, 1.807) is 0 Å². The lowest BCUT2D eigenvalue weighted by atomic mass is 9.91. The van der Waals surface area contributed by atoms with Gasteiger partial charge in [-0.2, -0.15) is 0 Å². The van der Waals surface area contributed by atoms with Crippen molar-refractivity contribution in [1.82, 2.24) is 0 Å². The zero-order chi connectivity index (χ0) is 41.0. The maximum Gasteiger partial charge on any atom is 0.136 e. The van der Waals surface area contributed by atoms with E-state index in [1.165, 1.54) is 54.6 Å². The molecule has 0 radical (unpaired) electrons. The molecule has 2 heteroatoms. The van der Waals surface area contributed by atoms with E-state index in [-0.39, 0.29) is 0 Å². The molecule has 1 heterocycles. The molecular formula is C60H39NO. The summed E-state index contributed by atoms with van der Waals surface area (Å²) < 4.78 is 6.33. The third-order valence-electron chi connectivity index (χ3n) is 12.5. The predicted octanol–water partition coefficient (Wildman–Crippen LogP) is 17.2. The zero-order valence-electron chi connectivity index (χ0n) is 33.9. The standard InChI is InChI=1S/C60H39NO/c1-3-15-40(16-4-1)50-21-11-13-25-57(50)61(46-32-29-42(30-33-46)54-37-44-19-7-8-20-48(44)51-22-9-10-23-52(51)54)47-34-35-49(55(39-47)41-17-5-2-6-18-41)45-28-27-43-31-36-59-60(56(43)38-45)53-24-12-14-26-58(53)62-59/h1-39H. The molecule has 0 aliphatic heterocycles. The third-order valence-corrected chi connectivity index (χ3v) is 12.5. The van der Waals surface area contributed by atoms with Crippen molar-refractivity contribution in [2.45, 2.75) is 0 Å². The largest absolute Gasteiger partial charge is 0.456 e. The summed E-state index contributed by atoms with van der Waals surface area (Å²) in [5, 5.41) is 9.70. The molecule has 2 nitrogen and oxygen atoms in total. The lowest BCUT2D eigenvalue weighted by Crippen LogP contribution is -2.11. The first kappa shape index (κ1) is 35.7. The van der Waals surface area contributed by atoms with Gasteiger partial charge in [0, 0.05) is 27.7 Å². The van der Waals surface area contributed by atoms with E-state index in [4.69, 9.17) is 4.42 Å². The molecule has 0 spiro atoms. The van der Waals surface area contributed by atoms with Gasteiger partial charge in [0.1, 0.15) is 11.2 Å². The first-order chi connectivity index (χ1) is 30.7. The molecule has 0 fully saturated rings. The predicted molar refractivity (Wildman–Crippen MR) is 263 cm³/mol. The van der Waals surface area contributed by atoms with Crippen molar-refractivity contribution >= 4 is 71.3 Å². The van der Waals surface area contributed by atoms with Gasteiger partial charge in [-0.3, -0.25) is 0 Å². The maximum atomic E-state index is 6.33. The Morgan fingerprint density at radius 2 is 0.871 bits per heavy atom. The number of furan rings is 1. The van der Waals surface area contributed by atoms with Crippen LogP contribution in [0.5, 0.6) is 0 Å². The second-order valence-corrected chi connectivity index (χ2v) is 16.0. The van der Waals surface area contributed by atoms with Gasteiger partial charge in [-0.1, -0.05) is 182 Å². The van der Waals surface area contributed by atoms with Crippen molar-refractivity contribution in [1.29, 1.82) is 0 Å². The molecule has 62 heavy (non-hydrogen) atoms. The van der Waals surface area contributed by atoms with Crippen LogP contribution in [0, 0.1) is 0 Å². The minimum atomic E-state index is 0.905. The van der Waals surface area contributed by atoms with Gasteiger partial charge in [-0.25, -0.2) is 0 Å². The highest BCUT2D eigenvalue weighted by atomic mass is 16.3. The fourth-order valence-corrected chi connectivity index (χ4v) is 9.53. The monoisotopic (exact) mass is 789 g/mol. The first-order valence-electron chi connectivity index (χ1n) is 21.2. The Bertz CT molecular complexity index is 3620. The molecule has 0 saturated carbocycles. The summed E-state index contributed by atoms with van der Waals surface area (Å²) in [6.07, 6.45) is 0. The summed E-state index contributed by atoms with van der Waals surface area (Å²) in [5.41, 5.74) is 14.5. The Morgan fingerprint density at radius 3 is 1.68 bits per heavy atom. The SMILES string of the molecule is c1ccc(-c2cc(N(c3ccc(-c4cc5ccccc5c5ccccc45)cc3)c3ccccc3-c3ccccc3)ccc2-c2ccc3ccc4oc5ccccc5c4c3c2)cc1. The van der Waals surface area contributed by atoms with Gasteiger partial charge >= 0.3 is 0 Å². The molecule has 0 unspecified atom stereocenters. The molecule has 1 aromatic heterocycles. The highest BCUT2D eigenvalue weighted by molar-refractivity contribution is 6.19. The van der Waals surface area contributed by atoms with Crippen LogP contribution >= 0.6 is 0 Å². The Labute approximate surface area is 360 Å². The molecule has 11 aromatic carbocycles. The quantitative estimate of drug-likeness (QED) is 0.150. The summed E-state index contributed by atoms with van der Waals surface area (Å²) in [7, 11) is 0. The highest BCUT2D eigenvalue weighted by Crippen LogP contribution is 2.46. The molecular weight excluding hydrogens is 751 g/mol. The number of anilines is 3. The summed E-state index contributed by atoms with van der Waals surface area (Å²) in [5.74, 6) is 0. The number of hydrogen-bond acceptors (Lipinski definition) is 2. The molecule has 12 rings (SSSR count). The van der Waals surface area contributed by atoms with Crippen molar-refractivity contribution in [3.05, 3.63) is 237 Å². The molecule has 0 N–H and O–H groups in total. The topological polar surface area (TPSA) is 16.4 Å². The molecule has 290 valence electrons. The fourth-order valence-electron chi connectivity index (χ4n) is 9.53. The highest BCUT2D eigenvalue weighted by Gasteiger charge is 2.21. The van der Waals surface area contributed by atoms with E-state index in [2.05, 4.69) is 235 Å². The van der Waals surface area contributed by atoms with E-state index in [0.29, 0.717) is 0 Å². The van der Waals surface area contributed by atoms with Crippen LogP contribution in [0.25, 0.3) is 98.8 Å². The number of rotatable bonds is 7. The summed E-state index contributed by atoms with van der Waals surface area (Å²) in [6, 6.07) is 85.6. The first-order valence-corrected chi connectivity index (χ1v) is 21.2. The Hall–Kier alpha value is -8.20. The van der Waals surface area contributed by atoms with E-state index in [0.717, 1.165) is 61.3 Å². The van der Waals surface area contributed by atoms with Gasteiger partial charge in [-0.15, -0.1) is 0 Å². The van der Waals surface area contributed by atoms with Gasteiger partial charge < -0.3 is 9.32 Å². The zero-order valence-corrected chi connectivity index (χ0v) is 33.9. The molecule has 0 aliphatic rings. The number of para-hydroxylation sites is 2. The van der Waals surface area contributed by atoms with Crippen molar-refractivity contribution in [3.8, 4) is 44.5 Å². The van der Waals surface area contributed by atoms with Crippen LogP contribution < -0.4 is 4.90 Å². The van der Waals surface area contributed by atoms with Gasteiger partial charge in [0.15, 0.2) is 0 Å². The molecule has 0 amide bonds. The third kappa shape index (κ3) is 6.04. The van der Waals surface area contributed by atoms with Gasteiger partial charge in [-0.05, 0) is 126 Å². The van der Waals surface area contributed by atoms with Crippen molar-refractivity contribution in [3.63, 3.8) is 0 Å². The molecule has 0 saturated heterocycles. The maximum absolute atomic E-state index is 6.33. The molecule has 0 aliphatic carbocycles. The normalized spacial score (nSPS) is 11.5. The minimum absolute atomic E-state index is 0.905.